The maximum atomic E-state index is 14.6. The molecule has 2 bridgehead atoms. The van der Waals surface area contributed by atoms with E-state index in [-0.39, 0.29) is 22.4 Å². The fourth-order valence-electron chi connectivity index (χ4n) is 8.04. The Bertz CT molecular complexity index is 2390. The summed E-state index contributed by atoms with van der Waals surface area (Å²) in [4.78, 5) is 29.2. The first-order valence-electron chi connectivity index (χ1n) is 17.8. The first kappa shape index (κ1) is 40.1. The van der Waals surface area contributed by atoms with E-state index in [0.717, 1.165) is 28.3 Å². The number of rotatable bonds is 12. The van der Waals surface area contributed by atoms with Crippen molar-refractivity contribution in [3.05, 3.63) is 143 Å². The monoisotopic (exact) mass is 838 g/mol. The third-order valence-electron chi connectivity index (χ3n) is 11.3. The molecule has 56 heavy (non-hydrogen) atoms. The summed E-state index contributed by atoms with van der Waals surface area (Å²) in [6, 6.07) is 31.8. The van der Waals surface area contributed by atoms with Crippen LogP contribution in [0.25, 0.3) is 0 Å². The Kier molecular flexibility index (Phi) is 10.8. The predicted octanol–water partition coefficient (Wildman–Crippen LogP) is 11.7. The van der Waals surface area contributed by atoms with Gasteiger partial charge in [0.25, 0.3) is 10.1 Å². The molecule has 0 N–H and O–H groups in total. The molecule has 5 aromatic rings. The van der Waals surface area contributed by atoms with E-state index in [1.54, 1.807) is 91.0 Å². The molecule has 0 heterocycles. The van der Waals surface area contributed by atoms with E-state index < -0.39 is 48.7 Å². The lowest BCUT2D eigenvalue weighted by atomic mass is 9.70. The molecule has 0 aliphatic heterocycles. The lowest BCUT2D eigenvalue weighted by molar-refractivity contribution is -0.137. The Morgan fingerprint density at radius 3 is 1.95 bits per heavy atom. The molecule has 5 aromatic carbocycles. The zero-order valence-corrected chi connectivity index (χ0v) is 33.8. The summed E-state index contributed by atoms with van der Waals surface area (Å²) in [5.74, 6) is -0.361. The molecule has 6 nitrogen and oxygen atoms in total. The van der Waals surface area contributed by atoms with E-state index in [1.165, 1.54) is 31.0 Å². The number of benzene rings is 5. The van der Waals surface area contributed by atoms with E-state index in [0.29, 0.717) is 44.5 Å². The lowest BCUT2D eigenvalue weighted by Gasteiger charge is -2.41. The van der Waals surface area contributed by atoms with Crippen LogP contribution in [-0.2, 0) is 24.7 Å². The Balaban J connectivity index is 1.33. The molecular formula is C43H38ClF3O6S3. The molecule has 3 atom stereocenters. The highest BCUT2D eigenvalue weighted by molar-refractivity contribution is 8.33. The number of hydrogen-bond donors (Lipinski definition) is 0. The Morgan fingerprint density at radius 1 is 0.839 bits per heavy atom. The van der Waals surface area contributed by atoms with E-state index in [4.69, 9.17) is 20.0 Å². The van der Waals surface area contributed by atoms with Crippen molar-refractivity contribution >= 4 is 55.4 Å². The fraction of sp³-hybridized carbons (Fsp3) is 0.256. The van der Waals surface area contributed by atoms with Crippen molar-refractivity contribution in [2.75, 3.05) is 12.9 Å². The van der Waals surface area contributed by atoms with Crippen molar-refractivity contribution in [1.29, 1.82) is 0 Å². The Hall–Kier alpha value is -4.07. The third-order valence-corrected chi connectivity index (χ3v) is 17.9. The second-order valence-corrected chi connectivity index (χ2v) is 20.6. The molecule has 292 valence electrons. The lowest BCUT2D eigenvalue weighted by Crippen LogP contribution is -2.42. The van der Waals surface area contributed by atoms with Gasteiger partial charge >= 0.3 is 6.18 Å². The minimum absolute atomic E-state index is 0.0528. The zero-order valence-electron chi connectivity index (χ0n) is 30.6. The van der Waals surface area contributed by atoms with Crippen molar-refractivity contribution in [2.24, 2.45) is 16.7 Å². The van der Waals surface area contributed by atoms with Gasteiger partial charge in [0.15, 0.2) is 5.78 Å². The zero-order chi connectivity index (χ0) is 40.1. The average molecular weight is 839 g/mol. The normalized spacial score (nSPS) is 20.7. The van der Waals surface area contributed by atoms with Crippen molar-refractivity contribution < 1.29 is 39.5 Å². The van der Waals surface area contributed by atoms with Gasteiger partial charge in [-0.05, 0) is 125 Å². The molecule has 0 aromatic heterocycles. The maximum Gasteiger partial charge on any atom is 0.416 e. The summed E-state index contributed by atoms with van der Waals surface area (Å²) >= 11 is 7.80. The summed E-state index contributed by atoms with van der Waals surface area (Å²) in [7, 11) is -6.40. The van der Waals surface area contributed by atoms with E-state index in [9.17, 15) is 31.2 Å². The van der Waals surface area contributed by atoms with Crippen LogP contribution < -0.4 is 4.74 Å². The smallest absolute Gasteiger partial charge is 0.416 e. The second kappa shape index (κ2) is 15.0. The second-order valence-electron chi connectivity index (χ2n) is 14.6. The standard InChI is InChI=1S/C43H38ClF3O6S3/c1-41(2)30-23-24-42(41,39(48)25-30)27-55(50,51)53-56(35-18-11-31(52-3)12-19-35,34-16-9-29(10-17-34)43(45,46)47)36-20-13-32(14-21-36)54-33-15-22-38(44)37(26-33)40(49)28-7-5-4-6-8-28/h4-22,26,30H,23-25,27H2,1-3H3. The van der Waals surface area contributed by atoms with Gasteiger partial charge < -0.3 is 4.74 Å². The number of ether oxygens (including phenoxy) is 1. The highest BCUT2D eigenvalue weighted by Crippen LogP contribution is 2.71. The van der Waals surface area contributed by atoms with Crippen molar-refractivity contribution in [3.63, 3.8) is 0 Å². The summed E-state index contributed by atoms with van der Waals surface area (Å²) in [5.41, 5.74) is -1.81. The van der Waals surface area contributed by atoms with Crippen molar-refractivity contribution in [2.45, 2.75) is 63.8 Å². The quantitative estimate of drug-likeness (QED) is 0.116. The molecule has 0 amide bonds. The predicted molar refractivity (Wildman–Crippen MR) is 212 cm³/mol. The van der Waals surface area contributed by atoms with Crippen LogP contribution in [-0.4, -0.2) is 32.8 Å². The Labute approximate surface area is 335 Å². The van der Waals surface area contributed by atoms with Crippen LogP contribution in [0.1, 0.15) is 54.6 Å². The van der Waals surface area contributed by atoms with Gasteiger partial charge in [-0.25, -0.2) is 3.63 Å². The SMILES string of the molecule is COc1ccc(S(OS(=O)(=O)CC23CCC(CC2=O)C3(C)C)(c2ccc(Sc3ccc(Cl)c(C(=O)c4ccccc4)c3)cc2)c2ccc(C(F)(F)F)cc2)cc1. The minimum atomic E-state index is -4.64. The number of carbonyl (C=O) groups is 2. The number of hydrogen-bond acceptors (Lipinski definition) is 7. The molecule has 13 heteroatoms. The first-order valence-corrected chi connectivity index (χ1v) is 22.1. The van der Waals surface area contributed by atoms with E-state index >= 15 is 0 Å². The summed E-state index contributed by atoms with van der Waals surface area (Å²) in [5, 5.41) is 0.302. The largest absolute Gasteiger partial charge is 0.497 e. The highest BCUT2D eigenvalue weighted by atomic mass is 35.5. The molecule has 2 fully saturated rings. The van der Waals surface area contributed by atoms with Gasteiger partial charge in [0.2, 0.25) is 0 Å². The maximum absolute atomic E-state index is 14.6. The van der Waals surface area contributed by atoms with Gasteiger partial charge in [-0.1, -0.05) is 67.5 Å². The van der Waals surface area contributed by atoms with Crippen molar-refractivity contribution in [3.8, 4) is 5.75 Å². The number of carbonyl (C=O) groups excluding carboxylic acids is 2. The molecule has 7 rings (SSSR count). The van der Waals surface area contributed by atoms with Crippen LogP contribution in [0.3, 0.4) is 0 Å². The third kappa shape index (κ3) is 7.30. The van der Waals surface area contributed by atoms with Crippen LogP contribution >= 0.6 is 33.7 Å². The molecule has 0 saturated heterocycles. The number of ketones is 2. The molecule has 2 aliphatic rings. The number of alkyl halides is 3. The highest BCUT2D eigenvalue weighted by Gasteiger charge is 2.66. The van der Waals surface area contributed by atoms with Crippen LogP contribution in [0.4, 0.5) is 13.2 Å². The molecule has 2 aliphatic carbocycles. The summed E-state index contributed by atoms with van der Waals surface area (Å²) < 4.78 is 82.7. The van der Waals surface area contributed by atoms with Gasteiger partial charge in [-0.15, -0.1) is 0 Å². The summed E-state index contributed by atoms with van der Waals surface area (Å²) in [6.07, 6.45) is -3.21. The molecule has 3 unspecified atom stereocenters. The van der Waals surface area contributed by atoms with Crippen LogP contribution in [0.2, 0.25) is 5.02 Å². The van der Waals surface area contributed by atoms with Gasteiger partial charge in [-0.3, -0.25) is 9.59 Å². The molecular weight excluding hydrogens is 801 g/mol. The van der Waals surface area contributed by atoms with E-state index in [2.05, 4.69) is 0 Å². The topological polar surface area (TPSA) is 86.7 Å². The van der Waals surface area contributed by atoms with Gasteiger partial charge in [0, 0.05) is 42.0 Å². The number of halogens is 4. The average Bonchev–Trinajstić information content (AvgIpc) is 3.52. The molecule has 0 spiro atoms. The molecule has 2 saturated carbocycles. The van der Waals surface area contributed by atoms with Gasteiger partial charge in [-0.2, -0.15) is 21.6 Å². The minimum Gasteiger partial charge on any atom is -0.497 e. The van der Waals surface area contributed by atoms with Crippen LogP contribution in [0.15, 0.2) is 146 Å². The van der Waals surface area contributed by atoms with Gasteiger partial charge in [0.05, 0.1) is 28.9 Å². The molecule has 0 radical (unpaired) electrons. The van der Waals surface area contributed by atoms with Crippen molar-refractivity contribution in [1.82, 2.24) is 0 Å². The number of methoxy groups -OCH3 is 1. The van der Waals surface area contributed by atoms with Crippen LogP contribution in [0.5, 0.6) is 5.75 Å². The summed E-state index contributed by atoms with van der Waals surface area (Å²) in [6.45, 7) is 3.87. The first-order chi connectivity index (χ1) is 26.5. The van der Waals surface area contributed by atoms with Gasteiger partial charge in [0.1, 0.15) is 11.5 Å². The van der Waals surface area contributed by atoms with Crippen LogP contribution in [0, 0.1) is 16.7 Å². The fourth-order valence-corrected chi connectivity index (χ4v) is 15.1. The number of fused-ring (bicyclic) bond motifs is 2. The number of Topliss-reactive ketones (excluding diaryl/α,β-unsaturated/α-hetero) is 1. The van der Waals surface area contributed by atoms with E-state index in [1.807, 2.05) is 19.9 Å². The Morgan fingerprint density at radius 2 is 1.41 bits per heavy atom.